The van der Waals surface area contributed by atoms with E-state index in [1.54, 1.807) is 27.9 Å². The molecule has 3 heterocycles. The first kappa shape index (κ1) is 28.5. The Hall–Kier alpha value is -3.07. The highest BCUT2D eigenvalue weighted by Gasteiger charge is 2.28. The second kappa shape index (κ2) is 12.2. The summed E-state index contributed by atoms with van der Waals surface area (Å²) in [6, 6.07) is 13.1. The Morgan fingerprint density at radius 1 is 1.05 bits per heavy atom. The Morgan fingerprint density at radius 2 is 1.77 bits per heavy atom. The van der Waals surface area contributed by atoms with E-state index >= 15 is 0 Å². The Balaban J connectivity index is 1.14. The van der Waals surface area contributed by atoms with Crippen molar-refractivity contribution in [3.8, 4) is 5.75 Å². The lowest BCUT2D eigenvalue weighted by Gasteiger charge is -2.35. The van der Waals surface area contributed by atoms with E-state index in [9.17, 15) is 4.79 Å². The van der Waals surface area contributed by atoms with Crippen molar-refractivity contribution in [1.29, 1.82) is 0 Å². The Labute approximate surface area is 242 Å². The number of hydrogen-bond acceptors (Lipinski definition) is 6. The average molecular weight is 565 g/mol. The van der Waals surface area contributed by atoms with Crippen molar-refractivity contribution in [3.63, 3.8) is 0 Å². The first-order valence-electron chi connectivity index (χ1n) is 14.2. The van der Waals surface area contributed by atoms with Crippen molar-refractivity contribution in [3.05, 3.63) is 64.8 Å². The van der Waals surface area contributed by atoms with Crippen molar-refractivity contribution in [2.24, 2.45) is 12.5 Å². The van der Waals surface area contributed by atoms with E-state index < -0.39 is 0 Å². The van der Waals surface area contributed by atoms with E-state index in [1.807, 2.05) is 37.4 Å². The molecule has 40 heavy (non-hydrogen) atoms. The van der Waals surface area contributed by atoms with Crippen LogP contribution < -0.4 is 15.0 Å². The summed E-state index contributed by atoms with van der Waals surface area (Å²) in [4.78, 5) is 20.6. The fourth-order valence-electron chi connectivity index (χ4n) is 5.25. The summed E-state index contributed by atoms with van der Waals surface area (Å²) in [7, 11) is 1.89. The van der Waals surface area contributed by atoms with Crippen molar-refractivity contribution in [2.75, 3.05) is 56.1 Å². The van der Waals surface area contributed by atoms with Crippen LogP contribution in [0.3, 0.4) is 0 Å². The number of carbonyl (C=O) groups excluding carboxylic acids is 1. The SMILES string of the molecule is Cn1ncc2c1Nc1ccccc1N(C(=O)c1ccc(OCCCN3CCN(CCC(C)(C)C)CC3)cc1Cl)C2. The highest BCUT2D eigenvalue weighted by molar-refractivity contribution is 6.34. The van der Waals surface area contributed by atoms with Crippen molar-refractivity contribution in [1.82, 2.24) is 19.6 Å². The van der Waals surface area contributed by atoms with Gasteiger partial charge in [0, 0.05) is 45.3 Å². The molecule has 0 unspecified atom stereocenters. The number of halogens is 1. The van der Waals surface area contributed by atoms with Gasteiger partial charge in [-0.1, -0.05) is 44.5 Å². The number of fused-ring (bicyclic) bond motifs is 2. The van der Waals surface area contributed by atoms with Gasteiger partial charge < -0.3 is 24.8 Å². The van der Waals surface area contributed by atoms with Crippen LogP contribution in [-0.2, 0) is 13.6 Å². The zero-order valence-corrected chi connectivity index (χ0v) is 24.9. The number of aryl methyl sites for hydroxylation is 1. The number of nitrogens with zero attached hydrogens (tertiary/aromatic N) is 5. The number of nitrogens with one attached hydrogen (secondary N) is 1. The van der Waals surface area contributed by atoms with Crippen LogP contribution in [0.2, 0.25) is 5.02 Å². The maximum absolute atomic E-state index is 13.7. The molecular weight excluding hydrogens is 524 g/mol. The molecule has 2 aromatic carbocycles. The third-order valence-corrected chi connectivity index (χ3v) is 8.05. The highest BCUT2D eigenvalue weighted by atomic mass is 35.5. The lowest BCUT2D eigenvalue weighted by Crippen LogP contribution is -2.47. The number of aromatic nitrogens is 2. The fraction of sp³-hybridized carbons (Fsp3) is 0.484. The summed E-state index contributed by atoms with van der Waals surface area (Å²) in [6.45, 7) is 14.7. The lowest BCUT2D eigenvalue weighted by atomic mass is 9.92. The van der Waals surface area contributed by atoms with Crippen molar-refractivity contribution >= 4 is 34.7 Å². The molecule has 214 valence electrons. The van der Waals surface area contributed by atoms with Gasteiger partial charge in [0.2, 0.25) is 0 Å². The molecule has 0 aliphatic carbocycles. The van der Waals surface area contributed by atoms with Gasteiger partial charge in [-0.15, -0.1) is 0 Å². The second-order valence-corrected chi connectivity index (χ2v) is 12.4. The number of amides is 1. The summed E-state index contributed by atoms with van der Waals surface area (Å²) in [5.74, 6) is 1.39. The maximum Gasteiger partial charge on any atom is 0.260 e. The molecule has 1 amide bonds. The molecule has 8 nitrogen and oxygen atoms in total. The van der Waals surface area contributed by atoms with E-state index in [0.29, 0.717) is 34.9 Å². The monoisotopic (exact) mass is 564 g/mol. The highest BCUT2D eigenvalue weighted by Crippen LogP contribution is 2.37. The first-order valence-corrected chi connectivity index (χ1v) is 14.6. The minimum atomic E-state index is -0.163. The molecule has 0 saturated carbocycles. The summed E-state index contributed by atoms with van der Waals surface area (Å²) in [6.07, 6.45) is 3.98. The number of ether oxygens (including phenoxy) is 1. The van der Waals surface area contributed by atoms with E-state index in [0.717, 1.165) is 61.9 Å². The fourth-order valence-corrected chi connectivity index (χ4v) is 5.50. The van der Waals surface area contributed by atoms with Crippen LogP contribution in [0.5, 0.6) is 5.75 Å². The molecule has 1 aromatic heterocycles. The number of carbonyl (C=O) groups is 1. The van der Waals surface area contributed by atoms with Crippen molar-refractivity contribution < 1.29 is 9.53 Å². The summed E-state index contributed by atoms with van der Waals surface area (Å²) in [5, 5.41) is 8.17. The quantitative estimate of drug-likeness (QED) is 0.349. The summed E-state index contributed by atoms with van der Waals surface area (Å²) in [5.41, 5.74) is 3.42. The minimum absolute atomic E-state index is 0.163. The van der Waals surface area contributed by atoms with Gasteiger partial charge in [0.1, 0.15) is 11.6 Å². The number of para-hydroxylation sites is 2. The largest absolute Gasteiger partial charge is 0.493 e. The minimum Gasteiger partial charge on any atom is -0.493 e. The van der Waals surface area contributed by atoms with Gasteiger partial charge in [-0.05, 0) is 55.1 Å². The zero-order valence-electron chi connectivity index (χ0n) is 24.1. The standard InChI is InChI=1S/C31H41ClN6O2/c1-31(2,3)12-14-37-17-15-36(16-18-37)13-7-19-40-24-10-11-25(26(32)20-24)30(39)38-22-23-21-33-35(4)29(23)34-27-8-5-6-9-28(27)38/h5-6,8-11,20-21,34H,7,12-19,22H2,1-4H3. The molecule has 3 aromatic rings. The normalized spacial score (nSPS) is 16.2. The van der Waals surface area contributed by atoms with Crippen molar-refractivity contribution in [2.45, 2.75) is 40.2 Å². The van der Waals surface area contributed by atoms with Gasteiger partial charge in [0.15, 0.2) is 0 Å². The van der Waals surface area contributed by atoms with Gasteiger partial charge in [-0.25, -0.2) is 0 Å². The molecule has 0 bridgehead atoms. The van der Waals surface area contributed by atoms with Crippen LogP contribution in [0.1, 0.15) is 49.5 Å². The molecule has 0 atom stereocenters. The van der Waals surface area contributed by atoms with E-state index in [4.69, 9.17) is 16.3 Å². The zero-order chi connectivity index (χ0) is 28.3. The Morgan fingerprint density at radius 3 is 2.50 bits per heavy atom. The molecule has 0 spiro atoms. The Bertz CT molecular complexity index is 1330. The molecule has 0 radical (unpaired) electrons. The predicted molar refractivity (Wildman–Crippen MR) is 162 cm³/mol. The number of hydrogen-bond donors (Lipinski definition) is 1. The summed E-state index contributed by atoms with van der Waals surface area (Å²) >= 11 is 6.65. The molecule has 5 rings (SSSR count). The molecular formula is C31H41ClN6O2. The van der Waals surface area contributed by atoms with Crippen LogP contribution in [0.25, 0.3) is 0 Å². The Kier molecular flexibility index (Phi) is 8.68. The summed E-state index contributed by atoms with van der Waals surface area (Å²) < 4.78 is 7.80. The van der Waals surface area contributed by atoms with Gasteiger partial charge in [-0.2, -0.15) is 5.10 Å². The lowest BCUT2D eigenvalue weighted by molar-refractivity contribution is 0.0985. The van der Waals surface area contributed by atoms with Crippen LogP contribution in [0.4, 0.5) is 17.2 Å². The van der Waals surface area contributed by atoms with Gasteiger partial charge in [-0.3, -0.25) is 9.48 Å². The number of benzene rings is 2. The third-order valence-electron chi connectivity index (χ3n) is 7.74. The van der Waals surface area contributed by atoms with Gasteiger partial charge >= 0.3 is 0 Å². The van der Waals surface area contributed by atoms with Gasteiger partial charge in [0.05, 0.1) is 41.3 Å². The molecule has 2 aliphatic heterocycles. The second-order valence-electron chi connectivity index (χ2n) is 12.0. The van der Waals surface area contributed by atoms with Crippen LogP contribution in [0.15, 0.2) is 48.7 Å². The number of rotatable bonds is 8. The van der Waals surface area contributed by atoms with Crippen LogP contribution in [0, 0.1) is 5.41 Å². The van der Waals surface area contributed by atoms with Crippen LogP contribution >= 0.6 is 11.6 Å². The molecule has 1 saturated heterocycles. The molecule has 1 N–H and O–H groups in total. The molecule has 1 fully saturated rings. The smallest absolute Gasteiger partial charge is 0.260 e. The number of anilines is 3. The maximum atomic E-state index is 13.7. The van der Waals surface area contributed by atoms with E-state index in [2.05, 4.69) is 41.0 Å². The number of piperazine rings is 1. The first-order chi connectivity index (χ1) is 19.2. The predicted octanol–water partition coefficient (Wildman–Crippen LogP) is 5.80. The molecule has 9 heteroatoms. The van der Waals surface area contributed by atoms with E-state index in [1.165, 1.54) is 13.0 Å². The third kappa shape index (κ3) is 6.79. The van der Waals surface area contributed by atoms with Gasteiger partial charge in [0.25, 0.3) is 5.91 Å². The van der Waals surface area contributed by atoms with E-state index in [-0.39, 0.29) is 5.91 Å². The topological polar surface area (TPSA) is 65.9 Å². The average Bonchev–Trinajstić information content (AvgIpc) is 3.17. The molecule has 2 aliphatic rings. The van der Waals surface area contributed by atoms with Crippen LogP contribution in [-0.4, -0.2) is 71.4 Å².